The number of carbonyl (C=O) groups excluding carboxylic acids is 1. The molecule has 0 unspecified atom stereocenters. The molecule has 0 radical (unpaired) electrons. The van der Waals surface area contributed by atoms with Crippen LogP contribution in [0.4, 0.5) is 0 Å². The first-order chi connectivity index (χ1) is 22.3. The maximum Gasteiger partial charge on any atom is 0.185 e. The largest absolute Gasteiger partial charge is 0.494 e. The lowest BCUT2D eigenvalue weighted by Gasteiger charge is -2.21. The number of ether oxygens (including phenoxy) is 1. The van der Waals surface area contributed by atoms with Crippen LogP contribution in [0.1, 0.15) is 122 Å². The van der Waals surface area contributed by atoms with Crippen molar-refractivity contribution in [2.24, 2.45) is 0 Å². The molecule has 3 nitrogen and oxygen atoms in total. The van der Waals surface area contributed by atoms with Crippen LogP contribution in [-0.2, 0) is 0 Å². The van der Waals surface area contributed by atoms with Gasteiger partial charge in [-0.05, 0) is 147 Å². The van der Waals surface area contributed by atoms with Crippen LogP contribution in [0.5, 0.6) is 5.75 Å². The van der Waals surface area contributed by atoms with Crippen LogP contribution in [0.3, 0.4) is 0 Å². The van der Waals surface area contributed by atoms with E-state index in [1.54, 1.807) is 6.08 Å². The Morgan fingerprint density at radius 3 is 2.07 bits per heavy atom. The molecule has 2 rings (SSSR count). The van der Waals surface area contributed by atoms with Crippen molar-refractivity contribution < 1.29 is 9.53 Å². The molecule has 0 spiro atoms. The third kappa shape index (κ3) is 17.8. The first kappa shape index (κ1) is 39.4. The zero-order valence-corrected chi connectivity index (χ0v) is 30.6. The van der Waals surface area contributed by atoms with Gasteiger partial charge in [-0.3, -0.25) is 4.79 Å². The Balaban J connectivity index is 1.78. The number of carbonyl (C=O) groups is 1. The van der Waals surface area contributed by atoms with E-state index in [1.807, 2.05) is 48.2 Å². The van der Waals surface area contributed by atoms with E-state index < -0.39 is 0 Å². The van der Waals surface area contributed by atoms with E-state index in [9.17, 15) is 4.79 Å². The normalized spacial score (nSPS) is 12.2. The summed E-state index contributed by atoms with van der Waals surface area (Å²) in [6, 6.07) is 15.9. The van der Waals surface area contributed by atoms with Gasteiger partial charge in [-0.1, -0.05) is 79.8 Å². The molecule has 0 N–H and O–H groups in total. The summed E-state index contributed by atoms with van der Waals surface area (Å²) in [7, 11) is 0. The molecule has 2 aromatic carbocycles. The zero-order chi connectivity index (χ0) is 33.4. The molecule has 0 saturated carbocycles. The van der Waals surface area contributed by atoms with E-state index in [0.29, 0.717) is 12.2 Å². The molecule has 4 heteroatoms. The quantitative estimate of drug-likeness (QED) is 0.0374. The number of ketones is 1. The second-order valence-electron chi connectivity index (χ2n) is 12.6. The number of hydrogen-bond acceptors (Lipinski definition) is 4. The summed E-state index contributed by atoms with van der Waals surface area (Å²) in [5.41, 5.74) is 6.05. The molecule has 0 fully saturated rings. The van der Waals surface area contributed by atoms with E-state index in [2.05, 4.69) is 82.9 Å². The molecular weight excluding hydrogens is 583 g/mol. The van der Waals surface area contributed by atoms with Gasteiger partial charge >= 0.3 is 0 Å². The first-order valence-electron chi connectivity index (χ1n) is 17.7. The maximum atomic E-state index is 12.9. The van der Waals surface area contributed by atoms with Gasteiger partial charge in [-0.2, -0.15) is 0 Å². The fourth-order valence-corrected chi connectivity index (χ4v) is 6.09. The lowest BCUT2D eigenvalue weighted by Crippen LogP contribution is -2.27. The van der Waals surface area contributed by atoms with E-state index in [1.165, 1.54) is 60.4 Å². The molecule has 0 aromatic heterocycles. The summed E-state index contributed by atoms with van der Waals surface area (Å²) in [6.45, 7) is 17.6. The molecule has 0 heterocycles. The standard InChI is InChI=1S/C42H61NO2S/c1-7-9-30-43(31-10-8-2)32-13-14-33-45-40-26-23-38(24-27-40)41(44)28-25-39-21-11-12-22-42(39)46-34-29-37(6)20-16-19-36(5)18-15-17-35(3)4/h11-12,17,19,21-29H,7-10,13-16,18,20,30-34H2,1-6H3/b28-25+,36-19?,37-29?. The third-order valence-electron chi connectivity index (χ3n) is 8.06. The average Bonchev–Trinajstić information content (AvgIpc) is 3.05. The number of nitrogens with zero attached hydrogens (tertiary/aromatic N) is 1. The minimum absolute atomic E-state index is 0.00513. The second kappa shape index (κ2) is 24.4. The number of benzene rings is 2. The Bertz CT molecular complexity index is 1240. The third-order valence-corrected chi connectivity index (χ3v) is 9.07. The highest BCUT2D eigenvalue weighted by atomic mass is 32.2. The van der Waals surface area contributed by atoms with E-state index in [-0.39, 0.29) is 5.78 Å². The smallest absolute Gasteiger partial charge is 0.185 e. The van der Waals surface area contributed by atoms with Crippen molar-refractivity contribution >= 4 is 23.6 Å². The van der Waals surface area contributed by atoms with Crippen LogP contribution in [0.25, 0.3) is 6.08 Å². The Kier molecular flexibility index (Phi) is 20.8. The number of rotatable bonds is 24. The van der Waals surface area contributed by atoms with Crippen molar-refractivity contribution in [1.29, 1.82) is 0 Å². The average molecular weight is 644 g/mol. The number of hydrogen-bond donors (Lipinski definition) is 0. The van der Waals surface area contributed by atoms with Crippen molar-refractivity contribution in [2.45, 2.75) is 111 Å². The number of thioether (sulfide) groups is 1. The van der Waals surface area contributed by atoms with E-state index in [4.69, 9.17) is 4.74 Å². The highest BCUT2D eigenvalue weighted by Gasteiger charge is 2.06. The van der Waals surface area contributed by atoms with Crippen molar-refractivity contribution in [3.05, 3.63) is 101 Å². The van der Waals surface area contributed by atoms with Crippen molar-refractivity contribution in [1.82, 2.24) is 4.90 Å². The van der Waals surface area contributed by atoms with E-state index in [0.717, 1.165) is 62.1 Å². The highest BCUT2D eigenvalue weighted by molar-refractivity contribution is 7.99. The SMILES string of the molecule is CCCCN(CCCC)CCCCOc1ccc(C(=O)/C=C/c2ccccc2SCC=C(C)CCC=C(C)CCC=C(C)C)cc1. The fraction of sp³-hybridized carbons (Fsp3) is 0.500. The predicted molar refractivity (Wildman–Crippen MR) is 203 cm³/mol. The van der Waals surface area contributed by atoms with Gasteiger partial charge in [0.1, 0.15) is 5.75 Å². The maximum absolute atomic E-state index is 12.9. The zero-order valence-electron chi connectivity index (χ0n) is 29.8. The summed E-state index contributed by atoms with van der Waals surface area (Å²) in [4.78, 5) is 16.7. The van der Waals surface area contributed by atoms with Crippen molar-refractivity contribution in [3.8, 4) is 5.75 Å². The Hall–Kier alpha value is -2.82. The molecule has 252 valence electrons. The van der Waals surface area contributed by atoms with Gasteiger partial charge in [-0.25, -0.2) is 0 Å². The van der Waals surface area contributed by atoms with Gasteiger partial charge in [0, 0.05) is 16.2 Å². The second-order valence-corrected chi connectivity index (χ2v) is 13.7. The minimum Gasteiger partial charge on any atom is -0.494 e. The minimum atomic E-state index is 0.00513. The first-order valence-corrected chi connectivity index (χ1v) is 18.6. The molecular formula is C42H61NO2S. The van der Waals surface area contributed by atoms with Gasteiger partial charge in [0.25, 0.3) is 0 Å². The van der Waals surface area contributed by atoms with Gasteiger partial charge in [-0.15, -0.1) is 11.8 Å². The predicted octanol–water partition coefficient (Wildman–Crippen LogP) is 12.2. The summed E-state index contributed by atoms with van der Waals surface area (Å²) in [5.74, 6) is 1.75. The van der Waals surface area contributed by atoms with Crippen LogP contribution in [0, 0.1) is 0 Å². The van der Waals surface area contributed by atoms with Crippen LogP contribution in [0.2, 0.25) is 0 Å². The molecule has 0 aliphatic rings. The molecule has 0 aliphatic heterocycles. The topological polar surface area (TPSA) is 29.5 Å². The molecule has 2 aromatic rings. The van der Waals surface area contributed by atoms with Crippen LogP contribution < -0.4 is 4.74 Å². The Morgan fingerprint density at radius 2 is 1.39 bits per heavy atom. The van der Waals surface area contributed by atoms with Crippen molar-refractivity contribution in [2.75, 3.05) is 32.0 Å². The summed E-state index contributed by atoms with van der Waals surface area (Å²) in [5, 5.41) is 0. The number of allylic oxidation sites excluding steroid dienone is 6. The Morgan fingerprint density at radius 1 is 0.761 bits per heavy atom. The molecule has 0 aliphatic carbocycles. The fourth-order valence-electron chi connectivity index (χ4n) is 5.07. The molecule has 0 atom stereocenters. The molecule has 0 amide bonds. The summed E-state index contributed by atoms with van der Waals surface area (Å²) < 4.78 is 5.98. The monoisotopic (exact) mass is 643 g/mol. The number of unbranched alkanes of at least 4 members (excludes halogenated alkanes) is 3. The van der Waals surface area contributed by atoms with Gasteiger partial charge in [0.2, 0.25) is 0 Å². The molecule has 46 heavy (non-hydrogen) atoms. The lowest BCUT2D eigenvalue weighted by atomic mass is 10.1. The summed E-state index contributed by atoms with van der Waals surface area (Å²) in [6.07, 6.45) is 22.4. The summed E-state index contributed by atoms with van der Waals surface area (Å²) >= 11 is 1.82. The molecule has 0 bridgehead atoms. The Labute approximate surface area is 286 Å². The van der Waals surface area contributed by atoms with Crippen LogP contribution in [-0.4, -0.2) is 42.7 Å². The van der Waals surface area contributed by atoms with Crippen LogP contribution in [0.15, 0.2) is 94.4 Å². The molecule has 0 saturated heterocycles. The van der Waals surface area contributed by atoms with E-state index >= 15 is 0 Å². The highest BCUT2D eigenvalue weighted by Crippen LogP contribution is 2.25. The lowest BCUT2D eigenvalue weighted by molar-refractivity contribution is 0.104. The van der Waals surface area contributed by atoms with Crippen LogP contribution >= 0.6 is 11.8 Å². The van der Waals surface area contributed by atoms with Gasteiger partial charge < -0.3 is 9.64 Å². The van der Waals surface area contributed by atoms with Crippen molar-refractivity contribution in [3.63, 3.8) is 0 Å². The van der Waals surface area contributed by atoms with Gasteiger partial charge in [0.05, 0.1) is 6.61 Å². The van der Waals surface area contributed by atoms with Gasteiger partial charge in [0.15, 0.2) is 5.78 Å².